The van der Waals surface area contributed by atoms with Gasteiger partial charge < -0.3 is 15.1 Å². The zero-order chi connectivity index (χ0) is 22.0. The first kappa shape index (κ1) is 20.9. The molecule has 1 saturated heterocycles. The molecule has 0 radical (unpaired) electrons. The van der Waals surface area contributed by atoms with Gasteiger partial charge in [-0.05, 0) is 56.0 Å². The molecule has 7 heteroatoms. The fourth-order valence-electron chi connectivity index (χ4n) is 4.26. The van der Waals surface area contributed by atoms with Crippen molar-refractivity contribution in [2.24, 2.45) is 0 Å². The van der Waals surface area contributed by atoms with Crippen LogP contribution in [0.5, 0.6) is 0 Å². The predicted octanol–water partition coefficient (Wildman–Crippen LogP) is 3.86. The first-order valence-electron chi connectivity index (χ1n) is 10.8. The van der Waals surface area contributed by atoms with Gasteiger partial charge in [-0.25, -0.2) is 4.98 Å². The highest BCUT2D eigenvalue weighted by Crippen LogP contribution is 2.24. The molecule has 31 heavy (non-hydrogen) atoms. The van der Waals surface area contributed by atoms with Crippen LogP contribution in [0, 0.1) is 6.92 Å². The van der Waals surface area contributed by atoms with Crippen LogP contribution < -0.4 is 10.2 Å². The molecule has 1 fully saturated rings. The van der Waals surface area contributed by atoms with Crippen molar-refractivity contribution in [3.05, 3.63) is 59.4 Å². The summed E-state index contributed by atoms with van der Waals surface area (Å²) in [7, 11) is 2.03. The molecule has 1 aliphatic heterocycles. The molecule has 1 aromatic carbocycles. The summed E-state index contributed by atoms with van der Waals surface area (Å²) in [5.41, 5.74) is 4.34. The smallest absolute Gasteiger partial charge is 0.255 e. The van der Waals surface area contributed by atoms with Crippen molar-refractivity contribution >= 4 is 29.0 Å². The van der Waals surface area contributed by atoms with Gasteiger partial charge in [-0.2, -0.15) is 0 Å². The number of amides is 2. The fraction of sp³-hybridized carbons (Fsp3) is 0.375. The Hall–Kier alpha value is -3.35. The number of hydrogen-bond acceptors (Lipinski definition) is 4. The number of rotatable bonds is 5. The van der Waals surface area contributed by atoms with Crippen molar-refractivity contribution in [2.45, 2.75) is 39.7 Å². The van der Waals surface area contributed by atoms with Crippen molar-refractivity contribution in [1.82, 2.24) is 14.3 Å². The number of anilines is 2. The lowest BCUT2D eigenvalue weighted by molar-refractivity contribution is -0.114. The number of likely N-dealkylation sites (tertiary alicyclic amines) is 1. The summed E-state index contributed by atoms with van der Waals surface area (Å²) in [4.78, 5) is 33.0. The van der Waals surface area contributed by atoms with Crippen LogP contribution in [-0.4, -0.2) is 46.2 Å². The molecular formula is C24H29N5O2. The minimum atomic E-state index is -0.0823. The van der Waals surface area contributed by atoms with Crippen LogP contribution >= 0.6 is 0 Å². The average Bonchev–Trinajstić information content (AvgIpc) is 3.09. The van der Waals surface area contributed by atoms with Crippen LogP contribution in [0.2, 0.25) is 0 Å². The Bertz CT molecular complexity index is 1100. The molecule has 3 heterocycles. The summed E-state index contributed by atoms with van der Waals surface area (Å²) in [5, 5.41) is 2.79. The highest BCUT2D eigenvalue weighted by molar-refractivity contribution is 5.94. The van der Waals surface area contributed by atoms with Crippen molar-refractivity contribution in [3.8, 4) is 0 Å². The van der Waals surface area contributed by atoms with Gasteiger partial charge in [-0.1, -0.05) is 12.1 Å². The second kappa shape index (κ2) is 8.79. The van der Waals surface area contributed by atoms with Gasteiger partial charge in [-0.3, -0.25) is 14.0 Å². The maximum Gasteiger partial charge on any atom is 0.255 e. The van der Waals surface area contributed by atoms with E-state index in [0.717, 1.165) is 54.3 Å². The standard InChI is InChI=1S/C24H29N5O2/c1-17-23(27(3)15-19-7-10-21(11-8-19)26-18(2)30)29-16-20(9-12-22(29)25-17)24(31)28-13-5-4-6-14-28/h7-12,16H,4-6,13-15H2,1-3H3,(H,26,30). The summed E-state index contributed by atoms with van der Waals surface area (Å²) in [6, 6.07) is 11.6. The van der Waals surface area contributed by atoms with E-state index in [0.29, 0.717) is 12.1 Å². The van der Waals surface area contributed by atoms with E-state index in [2.05, 4.69) is 15.2 Å². The molecule has 0 saturated carbocycles. The first-order chi connectivity index (χ1) is 14.9. The number of nitrogens with zero attached hydrogens (tertiary/aromatic N) is 4. The second-order valence-electron chi connectivity index (χ2n) is 8.25. The Kier molecular flexibility index (Phi) is 5.93. The molecule has 1 N–H and O–H groups in total. The molecule has 1 aliphatic rings. The quantitative estimate of drug-likeness (QED) is 0.682. The highest BCUT2D eigenvalue weighted by atomic mass is 16.2. The summed E-state index contributed by atoms with van der Waals surface area (Å²) in [6.07, 6.45) is 5.27. The summed E-state index contributed by atoms with van der Waals surface area (Å²) >= 11 is 0. The monoisotopic (exact) mass is 419 g/mol. The number of piperidine rings is 1. The zero-order valence-electron chi connectivity index (χ0n) is 18.4. The molecule has 0 spiro atoms. The summed E-state index contributed by atoms with van der Waals surface area (Å²) in [5.74, 6) is 0.977. The third-order valence-electron chi connectivity index (χ3n) is 5.71. The Morgan fingerprint density at radius 1 is 1.06 bits per heavy atom. The molecular weight excluding hydrogens is 390 g/mol. The highest BCUT2D eigenvalue weighted by Gasteiger charge is 2.20. The van der Waals surface area contributed by atoms with E-state index < -0.39 is 0 Å². The van der Waals surface area contributed by atoms with Gasteiger partial charge in [-0.15, -0.1) is 0 Å². The van der Waals surface area contributed by atoms with Crippen molar-refractivity contribution in [3.63, 3.8) is 0 Å². The largest absolute Gasteiger partial charge is 0.355 e. The molecule has 0 unspecified atom stereocenters. The van der Waals surface area contributed by atoms with Crippen LogP contribution in [0.1, 0.15) is 47.8 Å². The Labute approximate surface area is 182 Å². The first-order valence-corrected chi connectivity index (χ1v) is 10.8. The number of pyridine rings is 1. The normalized spacial score (nSPS) is 14.0. The SMILES string of the molecule is CC(=O)Nc1ccc(CN(C)c2c(C)nc3ccc(C(=O)N4CCCCC4)cn23)cc1. The number of aromatic nitrogens is 2. The Morgan fingerprint density at radius 3 is 2.45 bits per heavy atom. The van der Waals surface area contributed by atoms with Gasteiger partial charge >= 0.3 is 0 Å². The number of imidazole rings is 1. The molecule has 7 nitrogen and oxygen atoms in total. The van der Waals surface area contributed by atoms with E-state index in [-0.39, 0.29) is 11.8 Å². The Morgan fingerprint density at radius 2 is 1.77 bits per heavy atom. The number of fused-ring (bicyclic) bond motifs is 1. The molecule has 0 aliphatic carbocycles. The minimum absolute atomic E-state index is 0.0823. The minimum Gasteiger partial charge on any atom is -0.355 e. The molecule has 2 amide bonds. The van der Waals surface area contributed by atoms with Crippen LogP contribution in [0.4, 0.5) is 11.5 Å². The van der Waals surface area contributed by atoms with E-state index in [9.17, 15) is 9.59 Å². The number of nitrogens with one attached hydrogen (secondary N) is 1. The van der Waals surface area contributed by atoms with E-state index in [1.807, 2.05) is 65.9 Å². The number of benzene rings is 1. The van der Waals surface area contributed by atoms with E-state index in [1.54, 1.807) is 0 Å². The third-order valence-corrected chi connectivity index (χ3v) is 5.71. The molecule has 0 atom stereocenters. The molecule has 2 aromatic heterocycles. The van der Waals surface area contributed by atoms with Gasteiger partial charge in [0.25, 0.3) is 5.91 Å². The molecule has 162 valence electrons. The maximum atomic E-state index is 13.0. The summed E-state index contributed by atoms with van der Waals surface area (Å²) < 4.78 is 2.01. The Balaban J connectivity index is 1.58. The lowest BCUT2D eigenvalue weighted by Crippen LogP contribution is -2.35. The zero-order valence-corrected chi connectivity index (χ0v) is 18.4. The fourth-order valence-corrected chi connectivity index (χ4v) is 4.26. The van der Waals surface area contributed by atoms with Gasteiger partial charge in [0.2, 0.25) is 5.91 Å². The van der Waals surface area contributed by atoms with Crippen molar-refractivity contribution in [1.29, 1.82) is 0 Å². The van der Waals surface area contributed by atoms with Crippen molar-refractivity contribution in [2.75, 3.05) is 30.4 Å². The van der Waals surface area contributed by atoms with E-state index in [1.165, 1.54) is 13.3 Å². The van der Waals surface area contributed by atoms with E-state index in [4.69, 9.17) is 0 Å². The number of carbonyl (C=O) groups is 2. The van der Waals surface area contributed by atoms with Crippen molar-refractivity contribution < 1.29 is 9.59 Å². The third kappa shape index (κ3) is 4.55. The van der Waals surface area contributed by atoms with Gasteiger partial charge in [0.15, 0.2) is 0 Å². The molecule has 0 bridgehead atoms. The second-order valence-corrected chi connectivity index (χ2v) is 8.25. The lowest BCUT2D eigenvalue weighted by Gasteiger charge is -2.27. The van der Waals surface area contributed by atoms with Gasteiger partial charge in [0.05, 0.1) is 11.3 Å². The topological polar surface area (TPSA) is 70.0 Å². The van der Waals surface area contributed by atoms with Crippen LogP contribution in [0.25, 0.3) is 5.65 Å². The molecule has 3 aromatic rings. The van der Waals surface area contributed by atoms with Gasteiger partial charge in [0.1, 0.15) is 11.5 Å². The molecule has 4 rings (SSSR count). The lowest BCUT2D eigenvalue weighted by atomic mass is 10.1. The van der Waals surface area contributed by atoms with Gasteiger partial charge in [0, 0.05) is 45.5 Å². The number of carbonyl (C=O) groups excluding carboxylic acids is 2. The predicted molar refractivity (Wildman–Crippen MR) is 123 cm³/mol. The van der Waals surface area contributed by atoms with Crippen LogP contribution in [-0.2, 0) is 11.3 Å². The number of hydrogen-bond donors (Lipinski definition) is 1. The van der Waals surface area contributed by atoms with E-state index >= 15 is 0 Å². The maximum absolute atomic E-state index is 13.0. The van der Waals surface area contributed by atoms with Crippen LogP contribution in [0.15, 0.2) is 42.6 Å². The number of aryl methyl sites for hydroxylation is 1. The van der Waals surface area contributed by atoms with Crippen LogP contribution in [0.3, 0.4) is 0 Å². The summed E-state index contributed by atoms with van der Waals surface area (Å²) in [6.45, 7) is 5.84. The average molecular weight is 420 g/mol.